The molecular weight excluding hydrogens is 322 g/mol. The van der Waals surface area contributed by atoms with Crippen LogP contribution in [0.5, 0.6) is 0 Å². The lowest BCUT2D eigenvalue weighted by molar-refractivity contribution is 0.117. The second-order valence-corrected chi connectivity index (χ2v) is 8.86. The van der Waals surface area contributed by atoms with E-state index in [2.05, 4.69) is 45.4 Å². The van der Waals surface area contributed by atoms with Crippen LogP contribution in [0.1, 0.15) is 52.0 Å². The molecule has 3 heterocycles. The molecule has 0 saturated carbocycles. The van der Waals surface area contributed by atoms with Crippen molar-refractivity contribution < 1.29 is 0 Å². The third-order valence-corrected chi connectivity index (χ3v) is 5.76. The van der Waals surface area contributed by atoms with E-state index >= 15 is 0 Å². The Balaban J connectivity index is 1.46. The van der Waals surface area contributed by atoms with E-state index in [1.54, 1.807) is 0 Å². The molecule has 0 spiro atoms. The van der Waals surface area contributed by atoms with Gasteiger partial charge in [-0.2, -0.15) is 0 Å². The Morgan fingerprint density at radius 1 is 0.808 bits per heavy atom. The normalized spacial score (nSPS) is 21.0. The molecule has 3 rings (SSSR count). The lowest BCUT2D eigenvalue weighted by Crippen LogP contribution is -2.51. The Bertz CT molecular complexity index is 526. The molecule has 0 N–H and O–H groups in total. The van der Waals surface area contributed by atoms with Crippen molar-refractivity contribution in [3.63, 3.8) is 0 Å². The Kier molecular flexibility index (Phi) is 6.87. The van der Waals surface area contributed by atoms with Crippen molar-refractivity contribution in [2.75, 3.05) is 57.3 Å². The van der Waals surface area contributed by atoms with Crippen LogP contribution in [0.3, 0.4) is 0 Å². The molecule has 0 aliphatic carbocycles. The van der Waals surface area contributed by atoms with Crippen LogP contribution in [-0.4, -0.2) is 72.1 Å². The molecule has 5 nitrogen and oxygen atoms in total. The van der Waals surface area contributed by atoms with Gasteiger partial charge in [-0.1, -0.05) is 33.6 Å². The molecule has 2 aliphatic heterocycles. The topological polar surface area (TPSA) is 35.5 Å². The summed E-state index contributed by atoms with van der Waals surface area (Å²) in [5.74, 6) is 0.894. The molecule has 0 amide bonds. The van der Waals surface area contributed by atoms with Gasteiger partial charge in [-0.3, -0.25) is 4.90 Å². The fourth-order valence-corrected chi connectivity index (χ4v) is 4.35. The molecule has 2 aliphatic rings. The molecule has 26 heavy (non-hydrogen) atoms. The number of aromatic nitrogens is 2. The minimum Gasteiger partial charge on any atom is -0.338 e. The SMILES string of the molecule is CCc1cnc(N2CCN(CC(C)(C)CN3CCCCCC3)CC2)nc1. The van der Waals surface area contributed by atoms with Crippen LogP contribution in [-0.2, 0) is 6.42 Å². The van der Waals surface area contributed by atoms with Crippen molar-refractivity contribution in [2.45, 2.75) is 52.9 Å². The van der Waals surface area contributed by atoms with Crippen molar-refractivity contribution in [2.24, 2.45) is 5.41 Å². The van der Waals surface area contributed by atoms with Crippen molar-refractivity contribution in [3.8, 4) is 0 Å². The fourth-order valence-electron chi connectivity index (χ4n) is 4.35. The predicted octanol–water partition coefficient (Wildman–Crippen LogP) is 3.06. The van der Waals surface area contributed by atoms with Gasteiger partial charge in [-0.15, -0.1) is 0 Å². The Morgan fingerprint density at radius 2 is 1.35 bits per heavy atom. The van der Waals surface area contributed by atoms with Gasteiger partial charge in [-0.25, -0.2) is 9.97 Å². The van der Waals surface area contributed by atoms with Crippen molar-refractivity contribution in [1.82, 2.24) is 19.8 Å². The zero-order chi connectivity index (χ0) is 18.4. The standard InChI is InChI=1S/C21H37N5/c1-4-19-15-22-20(23-16-19)26-13-11-25(12-14-26)18-21(2,3)17-24-9-7-5-6-8-10-24/h15-16H,4-14,17-18H2,1-3H3. The van der Waals surface area contributed by atoms with Crippen LogP contribution in [0, 0.1) is 5.41 Å². The minimum atomic E-state index is 0.353. The summed E-state index contributed by atoms with van der Waals surface area (Å²) in [6.45, 7) is 16.3. The maximum Gasteiger partial charge on any atom is 0.225 e. The van der Waals surface area contributed by atoms with Gasteiger partial charge < -0.3 is 9.80 Å². The number of likely N-dealkylation sites (tertiary alicyclic amines) is 1. The molecule has 2 fully saturated rings. The number of piperazine rings is 1. The highest BCUT2D eigenvalue weighted by molar-refractivity contribution is 5.30. The van der Waals surface area contributed by atoms with Gasteiger partial charge in [0.1, 0.15) is 0 Å². The van der Waals surface area contributed by atoms with E-state index < -0.39 is 0 Å². The van der Waals surface area contributed by atoms with Crippen LogP contribution in [0.4, 0.5) is 5.95 Å². The summed E-state index contributed by atoms with van der Waals surface area (Å²) in [7, 11) is 0. The van der Waals surface area contributed by atoms with Gasteiger partial charge in [0.05, 0.1) is 0 Å². The van der Waals surface area contributed by atoms with Crippen LogP contribution >= 0.6 is 0 Å². The number of rotatable bonds is 6. The summed E-state index contributed by atoms with van der Waals surface area (Å²) >= 11 is 0. The predicted molar refractivity (Wildman–Crippen MR) is 109 cm³/mol. The number of hydrogen-bond acceptors (Lipinski definition) is 5. The summed E-state index contributed by atoms with van der Waals surface area (Å²) in [6.07, 6.45) is 10.5. The van der Waals surface area contributed by atoms with E-state index in [0.29, 0.717) is 5.41 Å². The van der Waals surface area contributed by atoms with E-state index in [9.17, 15) is 0 Å². The summed E-state index contributed by atoms with van der Waals surface area (Å²) in [6, 6.07) is 0. The number of nitrogens with zero attached hydrogens (tertiary/aromatic N) is 5. The molecule has 0 unspecified atom stereocenters. The van der Waals surface area contributed by atoms with E-state index in [0.717, 1.165) is 38.5 Å². The summed E-state index contributed by atoms with van der Waals surface area (Å²) in [5.41, 5.74) is 1.56. The first kappa shape index (κ1) is 19.6. The molecule has 0 bridgehead atoms. The number of hydrogen-bond donors (Lipinski definition) is 0. The van der Waals surface area contributed by atoms with Crippen LogP contribution in [0.15, 0.2) is 12.4 Å². The minimum absolute atomic E-state index is 0.353. The van der Waals surface area contributed by atoms with Crippen molar-refractivity contribution in [3.05, 3.63) is 18.0 Å². The zero-order valence-corrected chi connectivity index (χ0v) is 17.1. The Morgan fingerprint density at radius 3 is 1.88 bits per heavy atom. The largest absolute Gasteiger partial charge is 0.338 e. The average molecular weight is 360 g/mol. The molecule has 1 aromatic rings. The summed E-state index contributed by atoms with van der Waals surface area (Å²) in [4.78, 5) is 16.8. The smallest absolute Gasteiger partial charge is 0.225 e. The second kappa shape index (κ2) is 9.14. The number of anilines is 1. The maximum atomic E-state index is 4.55. The van der Waals surface area contributed by atoms with Gasteiger partial charge in [0, 0.05) is 51.7 Å². The molecular formula is C21H37N5. The monoisotopic (exact) mass is 359 g/mol. The van der Waals surface area contributed by atoms with Crippen molar-refractivity contribution >= 4 is 5.95 Å². The van der Waals surface area contributed by atoms with E-state index in [-0.39, 0.29) is 0 Å². The van der Waals surface area contributed by atoms with Crippen LogP contribution in [0.2, 0.25) is 0 Å². The maximum absolute atomic E-state index is 4.55. The molecule has 146 valence electrons. The van der Waals surface area contributed by atoms with E-state index in [4.69, 9.17) is 0 Å². The summed E-state index contributed by atoms with van der Waals surface area (Å²) in [5, 5.41) is 0. The van der Waals surface area contributed by atoms with Gasteiger partial charge in [-0.05, 0) is 43.3 Å². The second-order valence-electron chi connectivity index (χ2n) is 8.86. The van der Waals surface area contributed by atoms with Crippen LogP contribution in [0.25, 0.3) is 0 Å². The quantitative estimate of drug-likeness (QED) is 0.780. The molecule has 5 heteroatoms. The van der Waals surface area contributed by atoms with Gasteiger partial charge >= 0.3 is 0 Å². The molecule has 0 atom stereocenters. The zero-order valence-electron chi connectivity index (χ0n) is 17.1. The summed E-state index contributed by atoms with van der Waals surface area (Å²) < 4.78 is 0. The molecule has 0 radical (unpaired) electrons. The molecule has 1 aromatic heterocycles. The van der Waals surface area contributed by atoms with E-state index in [1.165, 1.54) is 57.4 Å². The van der Waals surface area contributed by atoms with Crippen molar-refractivity contribution in [1.29, 1.82) is 0 Å². The third-order valence-electron chi connectivity index (χ3n) is 5.76. The Hall–Kier alpha value is -1.20. The highest BCUT2D eigenvalue weighted by Gasteiger charge is 2.27. The lowest BCUT2D eigenvalue weighted by atomic mass is 9.91. The molecule has 0 aromatic carbocycles. The number of aryl methyl sites for hydroxylation is 1. The first-order valence-corrected chi connectivity index (χ1v) is 10.6. The van der Waals surface area contributed by atoms with Gasteiger partial charge in [0.2, 0.25) is 5.95 Å². The van der Waals surface area contributed by atoms with Gasteiger partial charge in [0.15, 0.2) is 0 Å². The Labute approximate surface area is 159 Å². The fraction of sp³-hybridized carbons (Fsp3) is 0.810. The first-order valence-electron chi connectivity index (χ1n) is 10.6. The first-order chi connectivity index (χ1) is 12.6. The highest BCUT2D eigenvalue weighted by atomic mass is 15.3. The van der Waals surface area contributed by atoms with E-state index in [1.807, 2.05) is 12.4 Å². The molecule has 2 saturated heterocycles. The lowest BCUT2D eigenvalue weighted by Gasteiger charge is -2.40. The third kappa shape index (κ3) is 5.65. The average Bonchev–Trinajstić information content (AvgIpc) is 2.90. The van der Waals surface area contributed by atoms with Gasteiger partial charge in [0.25, 0.3) is 0 Å². The van der Waals surface area contributed by atoms with Crippen LogP contribution < -0.4 is 4.90 Å². The highest BCUT2D eigenvalue weighted by Crippen LogP contribution is 2.22.